The van der Waals surface area contributed by atoms with Gasteiger partial charge in [-0.25, -0.2) is 4.39 Å². The molecule has 0 aliphatic heterocycles. The lowest BCUT2D eigenvalue weighted by molar-refractivity contribution is 0.0964. The van der Waals surface area contributed by atoms with Gasteiger partial charge in [0.15, 0.2) is 0 Å². The minimum atomic E-state index is -0.725. The lowest BCUT2D eigenvalue weighted by Crippen LogP contribution is -2.22. The van der Waals surface area contributed by atoms with E-state index in [0.717, 1.165) is 6.07 Å². The van der Waals surface area contributed by atoms with Gasteiger partial charge in [0.2, 0.25) is 0 Å². The van der Waals surface area contributed by atoms with Crippen LogP contribution in [0, 0.1) is 5.82 Å². The number of hydrogen-bond acceptors (Lipinski definition) is 2. The van der Waals surface area contributed by atoms with E-state index in [1.54, 1.807) is 24.3 Å². The Hall–Kier alpha value is -2.40. The fourth-order valence-electron chi connectivity index (χ4n) is 1.82. The minimum absolute atomic E-state index is 0.00456. The Morgan fingerprint density at radius 2 is 1.76 bits per heavy atom. The molecule has 2 N–H and O–H groups in total. The molecule has 0 bridgehead atoms. The second kappa shape index (κ2) is 6.37. The highest BCUT2D eigenvalue weighted by Crippen LogP contribution is 2.22. The van der Waals surface area contributed by atoms with Crippen molar-refractivity contribution in [1.29, 1.82) is 0 Å². The molecule has 0 aliphatic rings. The average Bonchev–Trinajstić information content (AvgIpc) is 2.47. The van der Waals surface area contributed by atoms with Crippen LogP contribution >= 0.6 is 11.6 Å². The van der Waals surface area contributed by atoms with Crippen LogP contribution in [0.1, 0.15) is 20.7 Å². The summed E-state index contributed by atoms with van der Waals surface area (Å²) in [6.45, 7) is 0. The zero-order chi connectivity index (χ0) is 15.4. The number of rotatable bonds is 3. The molecule has 0 unspecified atom stereocenters. The second-order valence-electron chi connectivity index (χ2n) is 4.18. The zero-order valence-corrected chi connectivity index (χ0v) is 11.9. The Morgan fingerprint density at radius 3 is 2.43 bits per heavy atom. The molecule has 0 heterocycles. The predicted molar refractivity (Wildman–Crippen MR) is 79.2 cm³/mol. The van der Waals surface area contributed by atoms with Gasteiger partial charge in [-0.2, -0.15) is 0 Å². The van der Waals surface area contributed by atoms with Gasteiger partial charge in [0.25, 0.3) is 11.8 Å². The highest BCUT2D eigenvalue weighted by molar-refractivity contribution is 6.34. The van der Waals surface area contributed by atoms with Crippen molar-refractivity contribution in [2.75, 3.05) is 12.4 Å². The Kier molecular flexibility index (Phi) is 4.55. The number of anilines is 1. The van der Waals surface area contributed by atoms with E-state index in [-0.39, 0.29) is 27.7 Å². The van der Waals surface area contributed by atoms with Crippen LogP contribution in [0.2, 0.25) is 5.02 Å². The van der Waals surface area contributed by atoms with E-state index in [1.807, 2.05) is 0 Å². The second-order valence-corrected chi connectivity index (χ2v) is 4.58. The van der Waals surface area contributed by atoms with E-state index >= 15 is 0 Å². The van der Waals surface area contributed by atoms with Gasteiger partial charge in [-0.05, 0) is 24.3 Å². The molecule has 0 saturated carbocycles. The summed E-state index contributed by atoms with van der Waals surface area (Å²) >= 11 is 5.84. The molecule has 0 spiro atoms. The van der Waals surface area contributed by atoms with Gasteiger partial charge in [-0.1, -0.05) is 29.8 Å². The largest absolute Gasteiger partial charge is 0.355 e. The number of halogens is 2. The highest BCUT2D eigenvalue weighted by atomic mass is 35.5. The van der Waals surface area contributed by atoms with Gasteiger partial charge < -0.3 is 10.6 Å². The summed E-state index contributed by atoms with van der Waals surface area (Å²) in [6, 6.07) is 10.4. The molecule has 4 nitrogen and oxygen atoms in total. The number of nitrogens with one attached hydrogen (secondary N) is 2. The van der Waals surface area contributed by atoms with E-state index in [0.29, 0.717) is 0 Å². The summed E-state index contributed by atoms with van der Waals surface area (Å²) in [5, 5.41) is 4.97. The summed E-state index contributed by atoms with van der Waals surface area (Å²) in [5.41, 5.74) is 0.299. The van der Waals surface area contributed by atoms with Gasteiger partial charge in [-0.15, -0.1) is 0 Å². The molecule has 0 aromatic heterocycles. The molecule has 2 aromatic rings. The number of carbonyl (C=O) groups is 2. The van der Waals surface area contributed by atoms with Crippen molar-refractivity contribution >= 4 is 29.1 Å². The van der Waals surface area contributed by atoms with Crippen molar-refractivity contribution in [3.8, 4) is 0 Å². The van der Waals surface area contributed by atoms with Crippen LogP contribution in [0.3, 0.4) is 0 Å². The summed E-state index contributed by atoms with van der Waals surface area (Å²) in [7, 11) is 1.48. The van der Waals surface area contributed by atoms with E-state index < -0.39 is 11.7 Å². The van der Waals surface area contributed by atoms with Crippen LogP contribution in [0.15, 0.2) is 42.5 Å². The Morgan fingerprint density at radius 1 is 1.05 bits per heavy atom. The maximum Gasteiger partial charge on any atom is 0.260 e. The van der Waals surface area contributed by atoms with E-state index in [9.17, 15) is 14.0 Å². The molecule has 0 aliphatic carbocycles. The number of para-hydroxylation sites is 1. The molecular weight excluding hydrogens is 295 g/mol. The zero-order valence-electron chi connectivity index (χ0n) is 11.1. The highest BCUT2D eigenvalue weighted by Gasteiger charge is 2.18. The third-order valence-corrected chi connectivity index (χ3v) is 3.15. The molecular formula is C15H12ClFN2O2. The number of carbonyl (C=O) groups excluding carboxylic acids is 2. The molecule has 108 valence electrons. The quantitative estimate of drug-likeness (QED) is 0.915. The van der Waals surface area contributed by atoms with E-state index in [1.165, 1.54) is 19.2 Å². The van der Waals surface area contributed by atoms with Gasteiger partial charge in [0.05, 0.1) is 21.8 Å². The first-order valence-corrected chi connectivity index (χ1v) is 6.49. The van der Waals surface area contributed by atoms with Crippen LogP contribution < -0.4 is 10.6 Å². The van der Waals surface area contributed by atoms with Gasteiger partial charge in [0.1, 0.15) is 5.82 Å². The molecule has 2 amide bonds. The number of amides is 2. The van der Waals surface area contributed by atoms with Crippen LogP contribution in [0.5, 0.6) is 0 Å². The molecule has 0 atom stereocenters. The Labute approximate surface area is 125 Å². The summed E-state index contributed by atoms with van der Waals surface area (Å²) in [5.74, 6) is -1.79. The summed E-state index contributed by atoms with van der Waals surface area (Å²) in [4.78, 5) is 23.9. The van der Waals surface area contributed by atoms with Crippen molar-refractivity contribution in [2.45, 2.75) is 0 Å². The molecule has 2 rings (SSSR count). The summed E-state index contributed by atoms with van der Waals surface area (Å²) in [6.07, 6.45) is 0. The van der Waals surface area contributed by atoms with Crippen molar-refractivity contribution in [3.05, 3.63) is 64.4 Å². The molecule has 0 saturated heterocycles. The van der Waals surface area contributed by atoms with Gasteiger partial charge in [0, 0.05) is 7.05 Å². The van der Waals surface area contributed by atoms with E-state index in [2.05, 4.69) is 10.6 Å². The van der Waals surface area contributed by atoms with Crippen molar-refractivity contribution in [1.82, 2.24) is 5.32 Å². The molecule has 0 fully saturated rings. The lowest BCUT2D eigenvalue weighted by atomic mass is 10.1. The number of hydrogen-bond donors (Lipinski definition) is 2. The number of benzene rings is 2. The van der Waals surface area contributed by atoms with E-state index in [4.69, 9.17) is 11.6 Å². The van der Waals surface area contributed by atoms with Crippen LogP contribution in [0.4, 0.5) is 10.1 Å². The van der Waals surface area contributed by atoms with Crippen molar-refractivity contribution in [2.24, 2.45) is 0 Å². The first kappa shape index (κ1) is 15.0. The molecule has 6 heteroatoms. The fourth-order valence-corrected chi connectivity index (χ4v) is 2.07. The third-order valence-electron chi connectivity index (χ3n) is 2.84. The monoisotopic (exact) mass is 306 g/mol. The standard InChI is InChI=1S/C15H12ClFN2O2/c1-18-14(20)9-5-2-3-8-12(9)19-15(21)13-10(16)6-4-7-11(13)17/h2-8H,1H3,(H,18,20)(H,19,21). The average molecular weight is 307 g/mol. The van der Waals surface area contributed by atoms with Crippen molar-refractivity contribution < 1.29 is 14.0 Å². The first-order chi connectivity index (χ1) is 10.0. The van der Waals surface area contributed by atoms with Crippen LogP contribution in [-0.2, 0) is 0 Å². The third kappa shape index (κ3) is 3.20. The topological polar surface area (TPSA) is 58.2 Å². The smallest absolute Gasteiger partial charge is 0.260 e. The fraction of sp³-hybridized carbons (Fsp3) is 0.0667. The first-order valence-electron chi connectivity index (χ1n) is 6.11. The lowest BCUT2D eigenvalue weighted by Gasteiger charge is -2.11. The predicted octanol–water partition coefficient (Wildman–Crippen LogP) is 3.09. The molecule has 21 heavy (non-hydrogen) atoms. The summed E-state index contributed by atoms with van der Waals surface area (Å²) < 4.78 is 13.7. The minimum Gasteiger partial charge on any atom is -0.355 e. The van der Waals surface area contributed by atoms with Crippen LogP contribution in [0.25, 0.3) is 0 Å². The maximum absolute atomic E-state index is 13.7. The SMILES string of the molecule is CNC(=O)c1ccccc1NC(=O)c1c(F)cccc1Cl. The maximum atomic E-state index is 13.7. The van der Waals surface area contributed by atoms with Gasteiger partial charge in [-0.3, -0.25) is 9.59 Å². The van der Waals surface area contributed by atoms with Crippen molar-refractivity contribution in [3.63, 3.8) is 0 Å². The van der Waals surface area contributed by atoms with Crippen LogP contribution in [-0.4, -0.2) is 18.9 Å². The normalized spacial score (nSPS) is 10.0. The Bertz CT molecular complexity index is 684. The Balaban J connectivity index is 2.35. The van der Waals surface area contributed by atoms with Gasteiger partial charge >= 0.3 is 0 Å². The molecule has 0 radical (unpaired) electrons. The molecule has 2 aromatic carbocycles.